The van der Waals surface area contributed by atoms with Crippen LogP contribution in [0.2, 0.25) is 0 Å². The third kappa shape index (κ3) is 8.39. The second kappa shape index (κ2) is 11.5. The minimum Gasteiger partial charge on any atom is -0.463 e. The molecule has 0 bridgehead atoms. The van der Waals surface area contributed by atoms with E-state index in [1.807, 2.05) is 13.8 Å². The van der Waals surface area contributed by atoms with Gasteiger partial charge in [-0.2, -0.15) is 0 Å². The monoisotopic (exact) mass is 435 g/mol. The lowest BCUT2D eigenvalue weighted by Gasteiger charge is -2.31. The number of ether oxygens (including phenoxy) is 3. The molecule has 172 valence electrons. The van der Waals surface area contributed by atoms with Gasteiger partial charge in [0, 0.05) is 12.5 Å². The molecule has 0 aliphatic carbocycles. The number of imide groups is 1. The Morgan fingerprint density at radius 2 is 1.58 bits per heavy atom. The van der Waals surface area contributed by atoms with Gasteiger partial charge in [0.15, 0.2) is 0 Å². The average molecular weight is 436 g/mol. The molecule has 8 heteroatoms. The number of carbonyl (C=O) groups is 4. The molecule has 31 heavy (non-hydrogen) atoms. The first-order valence-corrected chi connectivity index (χ1v) is 10.3. The van der Waals surface area contributed by atoms with E-state index in [1.54, 1.807) is 58.0 Å². The maximum absolute atomic E-state index is 13.2. The van der Waals surface area contributed by atoms with Crippen molar-refractivity contribution >= 4 is 23.9 Å². The molecule has 2 amide bonds. The Morgan fingerprint density at radius 3 is 2.03 bits per heavy atom. The molecule has 1 aromatic carbocycles. The molecule has 0 unspecified atom stereocenters. The maximum atomic E-state index is 13.2. The zero-order valence-corrected chi connectivity index (χ0v) is 19.3. The summed E-state index contributed by atoms with van der Waals surface area (Å²) in [6, 6.07) is 7.15. The Bertz CT molecular complexity index is 768. The van der Waals surface area contributed by atoms with Crippen LogP contribution >= 0.6 is 0 Å². The van der Waals surface area contributed by atoms with Crippen molar-refractivity contribution in [2.75, 3.05) is 6.61 Å². The molecule has 8 nitrogen and oxygen atoms in total. The molecule has 0 radical (unpaired) electrons. The number of amides is 2. The highest BCUT2D eigenvalue weighted by atomic mass is 16.6. The van der Waals surface area contributed by atoms with Gasteiger partial charge in [-0.05, 0) is 40.0 Å². The molecule has 0 aliphatic rings. The van der Waals surface area contributed by atoms with Crippen LogP contribution in [0.5, 0.6) is 0 Å². The van der Waals surface area contributed by atoms with E-state index in [2.05, 4.69) is 0 Å². The number of benzene rings is 1. The summed E-state index contributed by atoms with van der Waals surface area (Å²) >= 11 is 0. The summed E-state index contributed by atoms with van der Waals surface area (Å²) in [5.41, 5.74) is -0.446. The Morgan fingerprint density at radius 1 is 1.00 bits per heavy atom. The number of esters is 2. The number of hydrogen-bond donors (Lipinski definition) is 0. The van der Waals surface area contributed by atoms with E-state index in [9.17, 15) is 19.2 Å². The van der Waals surface area contributed by atoms with Gasteiger partial charge in [0.25, 0.3) is 0 Å². The Labute approximate surface area is 183 Å². The molecule has 0 saturated carbocycles. The first kappa shape index (κ1) is 26.1. The summed E-state index contributed by atoms with van der Waals surface area (Å²) in [5, 5.41) is 0. The van der Waals surface area contributed by atoms with Crippen LogP contribution in [0.3, 0.4) is 0 Å². The fourth-order valence-electron chi connectivity index (χ4n) is 2.83. The minimum absolute atomic E-state index is 0.0559. The average Bonchev–Trinajstić information content (AvgIpc) is 2.64. The highest BCUT2D eigenvalue weighted by Gasteiger charge is 2.39. The topological polar surface area (TPSA) is 99.2 Å². The van der Waals surface area contributed by atoms with E-state index < -0.39 is 41.7 Å². The Balaban J connectivity index is 3.28. The van der Waals surface area contributed by atoms with Crippen molar-refractivity contribution in [1.82, 2.24) is 4.90 Å². The van der Waals surface area contributed by atoms with E-state index in [0.29, 0.717) is 5.56 Å². The van der Waals surface area contributed by atoms with Crippen LogP contribution in [0, 0.1) is 5.92 Å². The zero-order chi connectivity index (χ0) is 23.8. The maximum Gasteiger partial charge on any atom is 0.417 e. The molecule has 0 saturated heterocycles. The molecule has 0 heterocycles. The van der Waals surface area contributed by atoms with E-state index in [0.717, 1.165) is 4.90 Å². The third-order valence-corrected chi connectivity index (χ3v) is 4.04. The van der Waals surface area contributed by atoms with Crippen LogP contribution in [-0.2, 0) is 28.6 Å². The van der Waals surface area contributed by atoms with Crippen LogP contribution in [0.4, 0.5) is 4.79 Å². The highest BCUT2D eigenvalue weighted by molar-refractivity contribution is 5.96. The van der Waals surface area contributed by atoms with Gasteiger partial charge in [-0.15, -0.1) is 0 Å². The van der Waals surface area contributed by atoms with E-state index in [-0.39, 0.29) is 18.9 Å². The quantitative estimate of drug-likeness (QED) is 0.449. The summed E-state index contributed by atoms with van der Waals surface area (Å²) in [7, 11) is 0. The predicted octanol–water partition coefficient (Wildman–Crippen LogP) is 4.03. The largest absolute Gasteiger partial charge is 0.463 e. The molecule has 0 N–H and O–H groups in total. The molecule has 0 aliphatic heterocycles. The number of nitrogens with zero attached hydrogens (tertiary/aromatic N) is 1. The molecule has 0 spiro atoms. The van der Waals surface area contributed by atoms with Crippen LogP contribution in [0.15, 0.2) is 30.3 Å². The Hall–Kier alpha value is -2.90. The molecular weight excluding hydrogens is 402 g/mol. The van der Waals surface area contributed by atoms with Crippen molar-refractivity contribution in [3.05, 3.63) is 35.9 Å². The minimum atomic E-state index is -1.32. The van der Waals surface area contributed by atoms with Gasteiger partial charge >= 0.3 is 18.0 Å². The number of hydrogen-bond acceptors (Lipinski definition) is 7. The molecular formula is C23H33NO7. The lowest BCUT2D eigenvalue weighted by atomic mass is 10.0. The van der Waals surface area contributed by atoms with Crippen molar-refractivity contribution in [1.29, 1.82) is 0 Å². The summed E-state index contributed by atoms with van der Waals surface area (Å²) < 4.78 is 15.9. The molecule has 1 rings (SSSR count). The van der Waals surface area contributed by atoms with Crippen LogP contribution in [0.25, 0.3) is 0 Å². The predicted molar refractivity (Wildman–Crippen MR) is 114 cm³/mol. The Kier molecular flexibility index (Phi) is 9.68. The summed E-state index contributed by atoms with van der Waals surface area (Å²) in [4.78, 5) is 51.4. The summed E-state index contributed by atoms with van der Waals surface area (Å²) in [6.45, 7) is 11.6. The van der Waals surface area contributed by atoms with Gasteiger partial charge in [-0.25, -0.2) is 19.3 Å². The van der Waals surface area contributed by atoms with Gasteiger partial charge in [0.05, 0.1) is 6.61 Å². The fraction of sp³-hybridized carbons (Fsp3) is 0.565. The van der Waals surface area contributed by atoms with Crippen LogP contribution < -0.4 is 0 Å². The smallest absolute Gasteiger partial charge is 0.417 e. The lowest BCUT2D eigenvalue weighted by molar-refractivity contribution is -0.172. The molecule has 2 atom stereocenters. The van der Waals surface area contributed by atoms with Crippen molar-refractivity contribution in [3.8, 4) is 0 Å². The third-order valence-electron chi connectivity index (χ3n) is 4.04. The standard InChI is InChI=1S/C23H33NO7/c1-8-29-21(27)19(17-12-10-9-11-13-17)30-20(26)18(14-15(2)3)24(16(4)25)22(28)31-23(5,6)7/h9-13,15,18-19H,8,14H2,1-7H3/t18-,19-/m0/s1. The molecule has 0 fully saturated rings. The van der Waals surface area contributed by atoms with Gasteiger partial charge in [0.2, 0.25) is 12.0 Å². The lowest BCUT2D eigenvalue weighted by Crippen LogP contribution is -2.51. The van der Waals surface area contributed by atoms with Crippen molar-refractivity contribution in [2.45, 2.75) is 72.6 Å². The second-order valence-electron chi connectivity index (χ2n) is 8.49. The zero-order valence-electron chi connectivity index (χ0n) is 19.3. The first-order chi connectivity index (χ1) is 14.4. The SMILES string of the molecule is CCOC(=O)[C@@H](OC(=O)[C@H](CC(C)C)N(C(C)=O)C(=O)OC(C)(C)C)c1ccccc1. The van der Waals surface area contributed by atoms with Crippen molar-refractivity contribution in [2.24, 2.45) is 5.92 Å². The van der Waals surface area contributed by atoms with Crippen LogP contribution in [0.1, 0.15) is 66.6 Å². The van der Waals surface area contributed by atoms with E-state index >= 15 is 0 Å². The number of rotatable bonds is 8. The van der Waals surface area contributed by atoms with Gasteiger partial charge in [0.1, 0.15) is 11.6 Å². The fourth-order valence-corrected chi connectivity index (χ4v) is 2.83. The van der Waals surface area contributed by atoms with Crippen LogP contribution in [-0.4, -0.2) is 47.1 Å². The van der Waals surface area contributed by atoms with Gasteiger partial charge in [-0.1, -0.05) is 44.2 Å². The second-order valence-corrected chi connectivity index (χ2v) is 8.49. The van der Waals surface area contributed by atoms with Gasteiger partial charge in [-0.3, -0.25) is 4.79 Å². The molecule has 1 aromatic rings. The summed E-state index contributed by atoms with van der Waals surface area (Å²) in [5.74, 6) is -2.35. The van der Waals surface area contributed by atoms with E-state index in [1.165, 1.54) is 6.92 Å². The highest BCUT2D eigenvalue weighted by Crippen LogP contribution is 2.24. The van der Waals surface area contributed by atoms with Crippen molar-refractivity contribution < 1.29 is 33.4 Å². The normalized spacial score (nSPS) is 13.2. The number of carbonyl (C=O) groups excluding carboxylic acids is 4. The first-order valence-electron chi connectivity index (χ1n) is 10.3. The van der Waals surface area contributed by atoms with E-state index in [4.69, 9.17) is 14.2 Å². The van der Waals surface area contributed by atoms with Gasteiger partial charge < -0.3 is 14.2 Å². The molecule has 0 aromatic heterocycles. The van der Waals surface area contributed by atoms with Crippen molar-refractivity contribution in [3.63, 3.8) is 0 Å². The summed E-state index contributed by atoms with van der Waals surface area (Å²) in [6.07, 6.45) is -2.13.